The number of halogens is 1. The lowest BCUT2D eigenvalue weighted by Gasteiger charge is -2.30. The number of aliphatic hydroxyl groups is 1. The maximum absolute atomic E-state index is 15.3. The number of nitrogens with zero attached hydrogens (tertiary/aromatic N) is 3. The molecule has 1 saturated heterocycles. The molecule has 0 radical (unpaired) electrons. The van der Waals surface area contributed by atoms with Crippen LogP contribution in [0.1, 0.15) is 79.7 Å². The number of aliphatic hydroxyl groups excluding tert-OH is 1. The van der Waals surface area contributed by atoms with Gasteiger partial charge in [0, 0.05) is 67.3 Å². The minimum absolute atomic E-state index is 0.131. The van der Waals surface area contributed by atoms with E-state index in [-0.39, 0.29) is 18.1 Å². The van der Waals surface area contributed by atoms with Crippen LogP contribution in [0, 0.1) is 5.82 Å². The van der Waals surface area contributed by atoms with Crippen LogP contribution in [0.3, 0.4) is 0 Å². The Morgan fingerprint density at radius 2 is 1.89 bits per heavy atom. The molecule has 0 atom stereocenters. The highest BCUT2D eigenvalue weighted by molar-refractivity contribution is 7.14. The summed E-state index contributed by atoms with van der Waals surface area (Å²) in [7, 11) is 1.67. The van der Waals surface area contributed by atoms with Gasteiger partial charge in [0.05, 0.1) is 17.2 Å². The number of hydrogen-bond donors (Lipinski definition) is 1. The standard InChI is InChI=1S/C35H36FN3O4S/c1-38-19-24(14-23(34(38)41)15-26-7-6-22(18-37-26)21-9-12-43-13-10-21)29-16-25(36)17-31(30(29)20-40)39-11-8-28-27-4-2-3-5-32(27)44-33(28)35(39)42/h6-7,14,16-19,21,40H,2-5,8-13,15,20H2,1H3. The molecule has 4 aromatic rings. The van der Waals surface area contributed by atoms with Crippen LogP contribution in [0.4, 0.5) is 10.1 Å². The maximum Gasteiger partial charge on any atom is 0.268 e. The summed E-state index contributed by atoms with van der Waals surface area (Å²) in [6, 6.07) is 8.54. The quantitative estimate of drug-likeness (QED) is 0.301. The van der Waals surface area contributed by atoms with Crippen LogP contribution in [0.5, 0.6) is 0 Å². The number of pyridine rings is 2. The minimum atomic E-state index is -0.503. The van der Waals surface area contributed by atoms with Crippen LogP contribution in [-0.4, -0.2) is 40.3 Å². The third-order valence-corrected chi connectivity index (χ3v) is 10.7. The van der Waals surface area contributed by atoms with Crippen molar-refractivity contribution in [2.75, 3.05) is 24.7 Å². The van der Waals surface area contributed by atoms with E-state index in [9.17, 15) is 14.7 Å². The van der Waals surface area contributed by atoms with E-state index < -0.39 is 5.82 Å². The molecule has 3 aliphatic rings. The zero-order valence-electron chi connectivity index (χ0n) is 24.9. The fourth-order valence-electron chi connectivity index (χ4n) is 7.10. The molecule has 0 spiro atoms. The molecular weight excluding hydrogens is 577 g/mol. The molecule has 9 heteroatoms. The summed E-state index contributed by atoms with van der Waals surface area (Å²) in [5.74, 6) is -0.200. The Kier molecular flexibility index (Phi) is 7.95. The predicted octanol–water partition coefficient (Wildman–Crippen LogP) is 5.71. The Morgan fingerprint density at radius 3 is 2.66 bits per heavy atom. The molecule has 44 heavy (non-hydrogen) atoms. The fourth-order valence-corrected chi connectivity index (χ4v) is 8.48. The van der Waals surface area contributed by atoms with Crippen LogP contribution in [0.15, 0.2) is 47.5 Å². The van der Waals surface area contributed by atoms with Crippen LogP contribution < -0.4 is 10.5 Å². The molecule has 3 aromatic heterocycles. The summed E-state index contributed by atoms with van der Waals surface area (Å²) in [5, 5.41) is 10.6. The van der Waals surface area contributed by atoms with Gasteiger partial charge in [-0.15, -0.1) is 11.3 Å². The first kappa shape index (κ1) is 29.1. The monoisotopic (exact) mass is 613 g/mol. The Morgan fingerprint density at radius 1 is 1.07 bits per heavy atom. The van der Waals surface area contributed by atoms with E-state index in [4.69, 9.17) is 4.74 Å². The van der Waals surface area contributed by atoms with Gasteiger partial charge in [0.2, 0.25) is 0 Å². The summed E-state index contributed by atoms with van der Waals surface area (Å²) in [6.45, 7) is 1.57. The molecule has 1 aliphatic carbocycles. The lowest BCUT2D eigenvalue weighted by atomic mass is 9.91. The number of hydrogen-bond acceptors (Lipinski definition) is 6. The zero-order valence-corrected chi connectivity index (χ0v) is 25.7. The second kappa shape index (κ2) is 12.0. The molecule has 1 N–H and O–H groups in total. The van der Waals surface area contributed by atoms with Gasteiger partial charge < -0.3 is 19.3 Å². The molecule has 0 saturated carbocycles. The van der Waals surface area contributed by atoms with E-state index in [0.29, 0.717) is 53.2 Å². The lowest BCUT2D eigenvalue weighted by molar-refractivity contribution is 0.0852. The minimum Gasteiger partial charge on any atom is -0.392 e. The topological polar surface area (TPSA) is 84.7 Å². The van der Waals surface area contributed by atoms with Gasteiger partial charge in [-0.2, -0.15) is 0 Å². The Labute approximate surface area is 260 Å². The molecule has 0 bridgehead atoms. The van der Waals surface area contributed by atoms with Crippen molar-refractivity contribution in [2.45, 2.75) is 63.9 Å². The van der Waals surface area contributed by atoms with E-state index in [1.807, 2.05) is 12.3 Å². The number of benzene rings is 1. The first-order valence-electron chi connectivity index (χ1n) is 15.5. The molecular formula is C35H36FN3O4S. The molecule has 7 rings (SSSR count). The Hall–Kier alpha value is -3.66. The zero-order chi connectivity index (χ0) is 30.4. The van der Waals surface area contributed by atoms with Crippen molar-refractivity contribution in [3.63, 3.8) is 0 Å². The number of carbonyl (C=O) groups excluding carboxylic acids is 1. The first-order chi connectivity index (χ1) is 21.4. The Bertz CT molecular complexity index is 1790. The number of aromatic nitrogens is 2. The van der Waals surface area contributed by atoms with E-state index in [2.05, 4.69) is 11.1 Å². The number of ether oxygens (including phenoxy) is 1. The molecule has 2 aliphatic heterocycles. The highest BCUT2D eigenvalue weighted by Gasteiger charge is 2.33. The number of thiophene rings is 1. The fraction of sp³-hybridized carbons (Fsp3) is 0.400. The largest absolute Gasteiger partial charge is 0.392 e. The van der Waals surface area contributed by atoms with Crippen molar-refractivity contribution in [3.8, 4) is 11.1 Å². The number of rotatable bonds is 6. The molecule has 7 nitrogen and oxygen atoms in total. The number of carbonyl (C=O) groups is 1. The van der Waals surface area contributed by atoms with Crippen molar-refractivity contribution in [1.29, 1.82) is 0 Å². The summed E-state index contributed by atoms with van der Waals surface area (Å²) >= 11 is 1.58. The molecule has 1 fully saturated rings. The van der Waals surface area contributed by atoms with Crippen molar-refractivity contribution >= 4 is 22.9 Å². The van der Waals surface area contributed by atoms with Gasteiger partial charge in [-0.1, -0.05) is 6.07 Å². The summed E-state index contributed by atoms with van der Waals surface area (Å²) in [4.78, 5) is 35.4. The van der Waals surface area contributed by atoms with Crippen molar-refractivity contribution < 1.29 is 19.0 Å². The van der Waals surface area contributed by atoms with Gasteiger partial charge in [-0.25, -0.2) is 4.39 Å². The van der Waals surface area contributed by atoms with Gasteiger partial charge in [0.25, 0.3) is 11.5 Å². The lowest BCUT2D eigenvalue weighted by Crippen LogP contribution is -2.37. The van der Waals surface area contributed by atoms with Crippen molar-refractivity contribution in [3.05, 3.63) is 102 Å². The second-order valence-corrected chi connectivity index (χ2v) is 13.3. The van der Waals surface area contributed by atoms with Crippen molar-refractivity contribution in [2.24, 2.45) is 7.05 Å². The number of anilines is 1. The highest BCUT2D eigenvalue weighted by atomic mass is 32.1. The summed E-state index contributed by atoms with van der Waals surface area (Å²) < 4.78 is 22.3. The molecule has 0 unspecified atom stereocenters. The number of amides is 1. The molecule has 228 valence electrons. The van der Waals surface area contributed by atoms with E-state index in [1.165, 1.54) is 32.7 Å². The number of aryl methyl sites for hydroxylation is 2. The van der Waals surface area contributed by atoms with Gasteiger partial charge >= 0.3 is 0 Å². The first-order valence-corrected chi connectivity index (χ1v) is 16.3. The molecule has 1 amide bonds. The van der Waals surface area contributed by atoms with Crippen LogP contribution in [-0.2, 0) is 44.1 Å². The maximum atomic E-state index is 15.3. The summed E-state index contributed by atoms with van der Waals surface area (Å²) in [5.41, 5.74) is 6.72. The van der Waals surface area contributed by atoms with Crippen LogP contribution >= 0.6 is 11.3 Å². The predicted molar refractivity (Wildman–Crippen MR) is 169 cm³/mol. The smallest absolute Gasteiger partial charge is 0.268 e. The van der Waals surface area contributed by atoms with Crippen LogP contribution in [0.2, 0.25) is 0 Å². The Balaban J connectivity index is 1.22. The average molecular weight is 614 g/mol. The van der Waals surface area contributed by atoms with Crippen LogP contribution in [0.25, 0.3) is 11.1 Å². The number of fused-ring (bicyclic) bond motifs is 3. The SMILES string of the molecule is Cn1cc(-c2cc(F)cc(N3CCc4c(sc5c4CCCC5)C3=O)c2CO)cc(Cc2ccc(C3CCOCC3)cn2)c1=O. The third-order valence-electron chi connectivity index (χ3n) is 9.43. The van der Waals surface area contributed by atoms with E-state index >= 15 is 4.39 Å². The van der Waals surface area contributed by atoms with Gasteiger partial charge in [0.1, 0.15) is 5.82 Å². The third kappa shape index (κ3) is 5.31. The second-order valence-electron chi connectivity index (χ2n) is 12.2. The average Bonchev–Trinajstić information content (AvgIpc) is 3.43. The van der Waals surface area contributed by atoms with E-state index in [0.717, 1.165) is 67.9 Å². The summed E-state index contributed by atoms with van der Waals surface area (Å²) in [6.07, 6.45) is 10.9. The normalized spacial score (nSPS) is 17.1. The van der Waals surface area contributed by atoms with Crippen molar-refractivity contribution in [1.82, 2.24) is 9.55 Å². The van der Waals surface area contributed by atoms with E-state index in [1.54, 1.807) is 35.5 Å². The van der Waals surface area contributed by atoms with Gasteiger partial charge in [-0.3, -0.25) is 14.6 Å². The van der Waals surface area contributed by atoms with Gasteiger partial charge in [-0.05, 0) is 103 Å². The molecule has 5 heterocycles. The van der Waals surface area contributed by atoms with Gasteiger partial charge in [0.15, 0.2) is 0 Å². The highest BCUT2D eigenvalue weighted by Crippen LogP contribution is 2.41. The molecule has 1 aromatic carbocycles.